The molecule has 0 aliphatic heterocycles. The molecule has 0 saturated carbocycles. The first-order chi connectivity index (χ1) is 11.2. The molecule has 1 aromatic carbocycles. The van der Waals surface area contributed by atoms with Gasteiger partial charge in [-0.05, 0) is 18.2 Å². The number of H-pyrrole nitrogens is 1. The molecule has 1 aromatic heterocycles. The minimum atomic E-state index is -0.482. The highest BCUT2D eigenvalue weighted by molar-refractivity contribution is 7.07. The number of hydrogen-bond acceptors (Lipinski definition) is 5. The van der Waals surface area contributed by atoms with Crippen molar-refractivity contribution in [1.82, 2.24) is 4.98 Å². The highest BCUT2D eigenvalue weighted by Crippen LogP contribution is 2.24. The molecule has 2 aromatic rings. The number of methoxy groups -OCH3 is 2. The second-order valence-corrected chi connectivity index (χ2v) is 7.38. The number of aromatic amines is 1. The van der Waals surface area contributed by atoms with Crippen LogP contribution < -0.4 is 24.2 Å². The van der Waals surface area contributed by atoms with E-state index in [1.165, 1.54) is 17.4 Å². The fourth-order valence-corrected chi connectivity index (χ4v) is 2.82. The summed E-state index contributed by atoms with van der Waals surface area (Å²) in [5.41, 5.74) is 0.0504. The van der Waals surface area contributed by atoms with E-state index in [1.54, 1.807) is 32.4 Å². The second-order valence-electron chi connectivity index (χ2n) is 6.30. The summed E-state index contributed by atoms with van der Waals surface area (Å²) in [6.45, 7) is 5.52. The molecule has 0 saturated heterocycles. The minimum absolute atomic E-state index is 0.0337. The highest BCUT2D eigenvalue weighted by atomic mass is 32.1. The number of rotatable bonds is 4. The summed E-state index contributed by atoms with van der Waals surface area (Å²) in [6.07, 6.45) is 3.22. The lowest BCUT2D eigenvalue weighted by atomic mass is 9.91. The lowest BCUT2D eigenvalue weighted by Gasteiger charge is -2.12. The molecule has 0 fully saturated rings. The molecule has 128 valence electrons. The molecule has 0 atom stereocenters. The third kappa shape index (κ3) is 4.14. The maximum absolute atomic E-state index is 12.1. The Morgan fingerprint density at radius 2 is 1.92 bits per heavy atom. The van der Waals surface area contributed by atoms with Crippen LogP contribution in [0.4, 0.5) is 0 Å². The summed E-state index contributed by atoms with van der Waals surface area (Å²) in [5, 5.41) is 0. The molecule has 2 rings (SSSR count). The molecular weight excluding hydrogens is 326 g/mol. The maximum Gasteiger partial charge on any atom is 0.266 e. The summed E-state index contributed by atoms with van der Waals surface area (Å²) in [5.74, 6) is 1.25. The Balaban J connectivity index is 2.51. The van der Waals surface area contributed by atoms with E-state index in [0.717, 1.165) is 5.56 Å². The van der Waals surface area contributed by atoms with Gasteiger partial charge in [-0.3, -0.25) is 9.59 Å². The average molecular weight is 347 g/mol. The first kappa shape index (κ1) is 18.0. The third-order valence-electron chi connectivity index (χ3n) is 3.41. The number of thiazole rings is 1. The van der Waals surface area contributed by atoms with Gasteiger partial charge in [0.2, 0.25) is 0 Å². The van der Waals surface area contributed by atoms with Gasteiger partial charge in [0.15, 0.2) is 5.78 Å². The zero-order chi connectivity index (χ0) is 17.9. The van der Waals surface area contributed by atoms with Crippen molar-refractivity contribution in [3.63, 3.8) is 0 Å². The monoisotopic (exact) mass is 347 g/mol. The second kappa shape index (κ2) is 7.05. The van der Waals surface area contributed by atoms with Crippen LogP contribution in [0, 0.1) is 5.41 Å². The van der Waals surface area contributed by atoms with Crippen LogP contribution in [0.3, 0.4) is 0 Å². The molecule has 0 amide bonds. The number of hydrogen-bond donors (Lipinski definition) is 1. The van der Waals surface area contributed by atoms with Crippen molar-refractivity contribution in [2.45, 2.75) is 20.8 Å². The van der Waals surface area contributed by atoms with Crippen molar-refractivity contribution < 1.29 is 14.3 Å². The SMILES string of the molecule is COc1ccc(C=c2sc(=CC(=O)C(C)(C)C)[nH]c2=O)c(OC)c1. The van der Waals surface area contributed by atoms with E-state index in [1.807, 2.05) is 26.8 Å². The summed E-state index contributed by atoms with van der Waals surface area (Å²) >= 11 is 1.24. The van der Waals surface area contributed by atoms with Crippen molar-refractivity contribution in [2.24, 2.45) is 5.41 Å². The van der Waals surface area contributed by atoms with Crippen molar-refractivity contribution >= 4 is 29.3 Å². The Bertz CT molecular complexity index is 916. The van der Waals surface area contributed by atoms with Gasteiger partial charge in [-0.25, -0.2) is 0 Å². The van der Waals surface area contributed by atoms with E-state index < -0.39 is 5.41 Å². The topological polar surface area (TPSA) is 68.4 Å². The van der Waals surface area contributed by atoms with Crippen LogP contribution in [0.5, 0.6) is 11.5 Å². The molecule has 0 unspecified atom stereocenters. The number of nitrogens with one attached hydrogen (secondary N) is 1. The molecule has 0 aliphatic carbocycles. The molecular formula is C18H21NO4S. The Morgan fingerprint density at radius 3 is 2.50 bits per heavy atom. The van der Waals surface area contributed by atoms with Crippen molar-refractivity contribution in [3.8, 4) is 11.5 Å². The number of Topliss-reactive ketones (excluding diaryl/α,β-unsaturated/α-hetero) is 1. The van der Waals surface area contributed by atoms with Crippen LogP contribution in [0.1, 0.15) is 26.3 Å². The molecule has 0 bridgehead atoms. The normalized spacial score (nSPS) is 13.2. The average Bonchev–Trinajstić information content (AvgIpc) is 2.86. The zero-order valence-electron chi connectivity index (χ0n) is 14.4. The van der Waals surface area contributed by atoms with Gasteiger partial charge in [0.25, 0.3) is 5.56 Å². The predicted molar refractivity (Wildman–Crippen MR) is 96.2 cm³/mol. The molecule has 0 radical (unpaired) electrons. The van der Waals surface area contributed by atoms with Crippen LogP contribution in [0.25, 0.3) is 12.2 Å². The number of benzene rings is 1. The summed E-state index contributed by atoms with van der Waals surface area (Å²) in [6, 6.07) is 5.37. The van der Waals surface area contributed by atoms with Gasteiger partial charge < -0.3 is 14.5 Å². The number of ether oxygens (including phenoxy) is 2. The van der Waals surface area contributed by atoms with Crippen molar-refractivity contribution in [3.05, 3.63) is 43.3 Å². The van der Waals surface area contributed by atoms with Crippen molar-refractivity contribution in [1.29, 1.82) is 0 Å². The maximum atomic E-state index is 12.1. The summed E-state index contributed by atoms with van der Waals surface area (Å²) in [7, 11) is 3.14. The standard InChI is InChI=1S/C18H21NO4S/c1-18(2,3)15(20)10-16-19-17(21)14(24-16)8-11-6-7-12(22-4)9-13(11)23-5/h6-10H,1-5H3,(H,19,21). The molecule has 6 heteroatoms. The van der Waals surface area contributed by atoms with E-state index in [0.29, 0.717) is 20.7 Å². The minimum Gasteiger partial charge on any atom is -0.497 e. The fourth-order valence-electron chi connectivity index (χ4n) is 1.94. The zero-order valence-corrected chi connectivity index (χ0v) is 15.2. The molecule has 1 heterocycles. The smallest absolute Gasteiger partial charge is 0.266 e. The molecule has 24 heavy (non-hydrogen) atoms. The number of carbonyl (C=O) groups is 1. The predicted octanol–water partition coefficient (Wildman–Crippen LogP) is 1.68. The van der Waals surface area contributed by atoms with E-state index in [4.69, 9.17) is 9.47 Å². The Morgan fingerprint density at radius 1 is 1.21 bits per heavy atom. The molecule has 1 N–H and O–H groups in total. The summed E-state index contributed by atoms with van der Waals surface area (Å²) < 4.78 is 11.5. The van der Waals surface area contributed by atoms with Crippen LogP contribution >= 0.6 is 11.3 Å². The first-order valence-corrected chi connectivity index (χ1v) is 8.25. The van der Waals surface area contributed by atoms with Gasteiger partial charge in [0.05, 0.1) is 23.4 Å². The van der Waals surface area contributed by atoms with Gasteiger partial charge in [-0.2, -0.15) is 0 Å². The number of aromatic nitrogens is 1. The van der Waals surface area contributed by atoms with Crippen LogP contribution in [0.15, 0.2) is 23.0 Å². The quantitative estimate of drug-likeness (QED) is 0.914. The molecule has 5 nitrogen and oxygen atoms in total. The third-order valence-corrected chi connectivity index (χ3v) is 4.37. The van der Waals surface area contributed by atoms with E-state index in [2.05, 4.69) is 4.98 Å². The van der Waals surface area contributed by atoms with Gasteiger partial charge >= 0.3 is 0 Å². The van der Waals surface area contributed by atoms with Gasteiger partial charge in [-0.1, -0.05) is 20.8 Å². The molecule has 0 spiro atoms. The van der Waals surface area contributed by atoms with Crippen LogP contribution in [-0.4, -0.2) is 25.0 Å². The number of ketones is 1. The van der Waals surface area contributed by atoms with Crippen LogP contribution in [0.2, 0.25) is 0 Å². The lowest BCUT2D eigenvalue weighted by molar-refractivity contribution is -0.119. The Hall–Kier alpha value is -2.34. The first-order valence-electron chi connectivity index (χ1n) is 7.43. The highest BCUT2D eigenvalue weighted by Gasteiger charge is 2.18. The summed E-state index contributed by atoms with van der Waals surface area (Å²) in [4.78, 5) is 26.9. The Kier molecular flexibility index (Phi) is 5.29. The Labute approximate surface area is 144 Å². The lowest BCUT2D eigenvalue weighted by Crippen LogP contribution is -2.22. The molecule has 0 aliphatic rings. The van der Waals surface area contributed by atoms with E-state index in [9.17, 15) is 9.59 Å². The van der Waals surface area contributed by atoms with Gasteiger partial charge in [-0.15, -0.1) is 11.3 Å². The number of carbonyl (C=O) groups excluding carboxylic acids is 1. The van der Waals surface area contributed by atoms with Crippen molar-refractivity contribution in [2.75, 3.05) is 14.2 Å². The van der Waals surface area contributed by atoms with Gasteiger partial charge in [0, 0.05) is 23.1 Å². The van der Waals surface area contributed by atoms with E-state index >= 15 is 0 Å². The van der Waals surface area contributed by atoms with Crippen LogP contribution in [-0.2, 0) is 4.79 Å². The van der Waals surface area contributed by atoms with E-state index in [-0.39, 0.29) is 11.3 Å². The fraction of sp³-hybridized carbons (Fsp3) is 0.333. The van der Waals surface area contributed by atoms with Gasteiger partial charge in [0.1, 0.15) is 11.5 Å². The largest absolute Gasteiger partial charge is 0.497 e.